The molecule has 1 aromatic carbocycles. The molecule has 0 spiro atoms. The van der Waals surface area contributed by atoms with Gasteiger partial charge in [-0.25, -0.2) is 0 Å². The van der Waals surface area contributed by atoms with Crippen molar-refractivity contribution < 1.29 is 18.3 Å². The summed E-state index contributed by atoms with van der Waals surface area (Å²) in [6.45, 7) is -1.70. The van der Waals surface area contributed by atoms with Crippen molar-refractivity contribution in [1.29, 1.82) is 0 Å². The van der Waals surface area contributed by atoms with E-state index >= 15 is 0 Å². The van der Waals surface area contributed by atoms with Gasteiger partial charge in [0.2, 0.25) is 0 Å². The van der Waals surface area contributed by atoms with Crippen LogP contribution in [0, 0.1) is 0 Å². The van der Waals surface area contributed by atoms with E-state index in [1.165, 1.54) is 25.1 Å². The van der Waals surface area contributed by atoms with Gasteiger partial charge in [-0.1, -0.05) is 11.6 Å². The van der Waals surface area contributed by atoms with Gasteiger partial charge in [-0.05, 0) is 25.1 Å². The second-order valence-electron chi connectivity index (χ2n) is 2.58. The van der Waals surface area contributed by atoms with Gasteiger partial charge in [-0.3, -0.25) is 4.79 Å². The molecule has 0 unspecified atom stereocenters. The molecule has 0 bridgehead atoms. The summed E-state index contributed by atoms with van der Waals surface area (Å²) in [5.74, 6) is -0.528. The Labute approximate surface area is 84.4 Å². The number of hydrogen-bond donors (Lipinski definition) is 0. The average molecular weight is 221 g/mol. The maximum Gasteiger partial charge on any atom is 0.387 e. The molecule has 0 aromatic heterocycles. The van der Waals surface area contributed by atoms with Crippen molar-refractivity contribution in [3.8, 4) is 5.75 Å². The first-order valence-corrected chi connectivity index (χ1v) is 4.14. The van der Waals surface area contributed by atoms with E-state index in [0.717, 1.165) is 0 Å². The molecule has 5 heteroatoms. The van der Waals surface area contributed by atoms with E-state index in [2.05, 4.69) is 4.74 Å². The maximum absolute atomic E-state index is 11.9. The number of benzene rings is 1. The van der Waals surface area contributed by atoms with Crippen LogP contribution in [-0.4, -0.2) is 12.4 Å². The van der Waals surface area contributed by atoms with Crippen LogP contribution in [0.5, 0.6) is 5.75 Å². The number of carbonyl (C=O) groups excluding carboxylic acids is 1. The van der Waals surface area contributed by atoms with E-state index in [1.54, 1.807) is 0 Å². The maximum atomic E-state index is 11.9. The van der Waals surface area contributed by atoms with Crippen molar-refractivity contribution in [1.82, 2.24) is 0 Å². The fraction of sp³-hybridized carbons (Fsp3) is 0.222. The molecule has 0 aliphatic rings. The van der Waals surface area contributed by atoms with Crippen LogP contribution < -0.4 is 4.74 Å². The second-order valence-corrected chi connectivity index (χ2v) is 3.01. The van der Waals surface area contributed by atoms with Crippen LogP contribution in [-0.2, 0) is 0 Å². The number of halogens is 3. The zero-order valence-electron chi connectivity index (χ0n) is 7.26. The third-order valence-electron chi connectivity index (χ3n) is 1.54. The molecule has 0 atom stereocenters. The minimum Gasteiger partial charge on any atom is -0.434 e. The largest absolute Gasteiger partial charge is 0.434 e. The van der Waals surface area contributed by atoms with Gasteiger partial charge in [0.25, 0.3) is 0 Å². The topological polar surface area (TPSA) is 26.3 Å². The van der Waals surface area contributed by atoms with Gasteiger partial charge in [-0.2, -0.15) is 8.78 Å². The Morgan fingerprint density at radius 1 is 1.50 bits per heavy atom. The fourth-order valence-corrected chi connectivity index (χ4v) is 1.15. The Hall–Kier alpha value is -1.16. The third-order valence-corrected chi connectivity index (χ3v) is 1.77. The molecule has 0 radical (unpaired) electrons. The summed E-state index contributed by atoms with van der Waals surface area (Å²) in [6, 6.07) is 3.92. The smallest absolute Gasteiger partial charge is 0.387 e. The molecule has 1 aromatic rings. The van der Waals surface area contributed by atoms with Crippen LogP contribution >= 0.6 is 11.6 Å². The number of ketones is 1. The molecule has 14 heavy (non-hydrogen) atoms. The van der Waals surface area contributed by atoms with E-state index in [4.69, 9.17) is 11.6 Å². The number of Topliss-reactive ketones (excluding diaryl/α,β-unsaturated/α-hetero) is 1. The van der Waals surface area contributed by atoms with Gasteiger partial charge >= 0.3 is 6.61 Å². The molecule has 0 aliphatic carbocycles. The van der Waals surface area contributed by atoms with Crippen molar-refractivity contribution in [2.24, 2.45) is 0 Å². The summed E-state index contributed by atoms with van der Waals surface area (Å²) in [4.78, 5) is 11.0. The molecule has 1 rings (SSSR count). The van der Waals surface area contributed by atoms with E-state index in [-0.39, 0.29) is 17.1 Å². The summed E-state index contributed by atoms with van der Waals surface area (Å²) >= 11 is 5.60. The lowest BCUT2D eigenvalue weighted by Gasteiger charge is -2.08. The van der Waals surface area contributed by atoms with Gasteiger partial charge in [0.1, 0.15) is 5.75 Å². The first-order valence-electron chi connectivity index (χ1n) is 3.76. The van der Waals surface area contributed by atoms with Crippen molar-refractivity contribution >= 4 is 17.4 Å². The number of carbonyl (C=O) groups is 1. The normalized spacial score (nSPS) is 10.4. The molecule has 0 fully saturated rings. The Kier molecular flexibility index (Phi) is 3.41. The predicted octanol–water partition coefficient (Wildman–Crippen LogP) is 3.14. The summed E-state index contributed by atoms with van der Waals surface area (Å²) < 4.78 is 27.9. The minimum atomic E-state index is -2.95. The van der Waals surface area contributed by atoms with Crippen LogP contribution in [0.2, 0.25) is 5.02 Å². The molecule has 0 saturated heterocycles. The SMILES string of the molecule is CC(=O)c1cc(Cl)ccc1OC(F)F. The first-order chi connectivity index (χ1) is 6.50. The number of rotatable bonds is 3. The summed E-state index contributed by atoms with van der Waals surface area (Å²) in [5.41, 5.74) is 0.0535. The summed E-state index contributed by atoms with van der Waals surface area (Å²) in [5, 5.41) is 0.303. The first kappa shape index (κ1) is 10.9. The third kappa shape index (κ3) is 2.67. The molecular weight excluding hydrogens is 214 g/mol. The van der Waals surface area contributed by atoms with E-state index < -0.39 is 6.61 Å². The molecule has 0 aliphatic heterocycles. The van der Waals surface area contributed by atoms with Crippen molar-refractivity contribution in [3.63, 3.8) is 0 Å². The highest BCUT2D eigenvalue weighted by molar-refractivity contribution is 6.31. The zero-order valence-corrected chi connectivity index (χ0v) is 8.02. The Balaban J connectivity index is 3.08. The molecule has 0 saturated carbocycles. The highest BCUT2D eigenvalue weighted by Crippen LogP contribution is 2.24. The van der Waals surface area contributed by atoms with E-state index in [1.807, 2.05) is 0 Å². The highest BCUT2D eigenvalue weighted by atomic mass is 35.5. The molecular formula is C9H7ClF2O2. The monoisotopic (exact) mass is 220 g/mol. The van der Waals surface area contributed by atoms with Gasteiger partial charge in [0.05, 0.1) is 5.56 Å². The molecule has 2 nitrogen and oxygen atoms in total. The Morgan fingerprint density at radius 3 is 2.64 bits per heavy atom. The van der Waals surface area contributed by atoms with Crippen LogP contribution in [0.1, 0.15) is 17.3 Å². The average Bonchev–Trinajstić information content (AvgIpc) is 2.07. The quantitative estimate of drug-likeness (QED) is 0.732. The number of hydrogen-bond acceptors (Lipinski definition) is 2. The minimum absolute atomic E-state index is 0.0535. The van der Waals surface area contributed by atoms with Crippen LogP contribution in [0.4, 0.5) is 8.78 Å². The standard InChI is InChI=1S/C9H7ClF2O2/c1-5(13)7-4-6(10)2-3-8(7)14-9(11)12/h2-4,9H,1H3. The highest BCUT2D eigenvalue weighted by Gasteiger charge is 2.12. The van der Waals surface area contributed by atoms with Crippen LogP contribution in [0.25, 0.3) is 0 Å². The lowest BCUT2D eigenvalue weighted by Crippen LogP contribution is -2.06. The van der Waals surface area contributed by atoms with Crippen molar-refractivity contribution in [2.45, 2.75) is 13.5 Å². The Morgan fingerprint density at radius 2 is 2.14 bits per heavy atom. The van der Waals surface area contributed by atoms with Crippen molar-refractivity contribution in [2.75, 3.05) is 0 Å². The molecule has 0 N–H and O–H groups in total. The van der Waals surface area contributed by atoms with Gasteiger partial charge in [0.15, 0.2) is 5.78 Å². The summed E-state index contributed by atoms with van der Waals surface area (Å²) in [6.07, 6.45) is 0. The molecule has 0 heterocycles. The zero-order chi connectivity index (χ0) is 10.7. The molecule has 76 valence electrons. The van der Waals surface area contributed by atoms with Crippen LogP contribution in [0.15, 0.2) is 18.2 Å². The van der Waals surface area contributed by atoms with E-state index in [9.17, 15) is 13.6 Å². The number of ether oxygens (including phenoxy) is 1. The lowest BCUT2D eigenvalue weighted by atomic mass is 10.1. The summed E-state index contributed by atoms with van der Waals surface area (Å²) in [7, 11) is 0. The second kappa shape index (κ2) is 4.37. The number of alkyl halides is 2. The van der Waals surface area contributed by atoms with Gasteiger partial charge in [-0.15, -0.1) is 0 Å². The van der Waals surface area contributed by atoms with Crippen LogP contribution in [0.3, 0.4) is 0 Å². The van der Waals surface area contributed by atoms with E-state index in [0.29, 0.717) is 5.02 Å². The van der Waals surface area contributed by atoms with Gasteiger partial charge < -0.3 is 4.74 Å². The Bertz CT molecular complexity index is 353. The lowest BCUT2D eigenvalue weighted by molar-refractivity contribution is -0.0501. The van der Waals surface area contributed by atoms with Gasteiger partial charge in [0, 0.05) is 5.02 Å². The predicted molar refractivity (Wildman–Crippen MR) is 48.1 cm³/mol. The van der Waals surface area contributed by atoms with Crippen molar-refractivity contribution in [3.05, 3.63) is 28.8 Å². The molecule has 0 amide bonds. The fourth-order valence-electron chi connectivity index (χ4n) is 0.976.